The molecule has 2 rings (SSSR count). The predicted octanol–water partition coefficient (Wildman–Crippen LogP) is 3.07. The van der Waals surface area contributed by atoms with Crippen molar-refractivity contribution in [2.24, 2.45) is 0 Å². The highest BCUT2D eigenvalue weighted by Gasteiger charge is 2.13. The van der Waals surface area contributed by atoms with Crippen LogP contribution in [0.1, 0.15) is 29.8 Å². The van der Waals surface area contributed by atoms with Gasteiger partial charge >= 0.3 is 5.97 Å². The number of likely N-dealkylation sites (N-methyl/N-ethyl adjacent to an activating group) is 1. The van der Waals surface area contributed by atoms with Crippen molar-refractivity contribution < 1.29 is 19.1 Å². The molecule has 0 saturated carbocycles. The van der Waals surface area contributed by atoms with E-state index in [4.69, 9.17) is 4.74 Å². The van der Waals surface area contributed by atoms with Crippen LogP contribution in [0.15, 0.2) is 48.5 Å². The standard InChI is InChI=1S/C22H27N3O4/c1-15(2)29-22(28)17-7-11-18(12-8-17)23-13-21(27)25(4)14-20(26)24-19-9-5-16(3)6-10-19/h5-12,15,23H,13-14H2,1-4H3,(H,24,26). The molecule has 0 fully saturated rings. The molecule has 0 unspecified atom stereocenters. The number of anilines is 2. The Morgan fingerprint density at radius 2 is 1.55 bits per heavy atom. The fourth-order valence-corrected chi connectivity index (χ4v) is 2.46. The summed E-state index contributed by atoms with van der Waals surface area (Å²) in [6.07, 6.45) is -0.184. The Bertz CT molecular complexity index is 845. The van der Waals surface area contributed by atoms with E-state index in [-0.39, 0.29) is 37.0 Å². The fraction of sp³-hybridized carbons (Fsp3) is 0.318. The van der Waals surface area contributed by atoms with Crippen LogP contribution in [-0.4, -0.2) is 48.9 Å². The number of aryl methyl sites for hydroxylation is 1. The SMILES string of the molecule is Cc1ccc(NC(=O)CN(C)C(=O)CNc2ccc(C(=O)OC(C)C)cc2)cc1. The quantitative estimate of drug-likeness (QED) is 0.669. The molecule has 0 aliphatic carbocycles. The molecular formula is C22H27N3O4. The number of nitrogens with one attached hydrogen (secondary N) is 2. The normalized spacial score (nSPS) is 10.4. The van der Waals surface area contributed by atoms with Gasteiger partial charge in [0.15, 0.2) is 0 Å². The maximum Gasteiger partial charge on any atom is 0.338 e. The lowest BCUT2D eigenvalue weighted by molar-refractivity contribution is -0.131. The zero-order valence-corrected chi connectivity index (χ0v) is 17.2. The van der Waals surface area contributed by atoms with E-state index in [1.807, 2.05) is 31.2 Å². The molecule has 2 aromatic carbocycles. The van der Waals surface area contributed by atoms with Crippen LogP contribution in [-0.2, 0) is 14.3 Å². The maximum atomic E-state index is 12.3. The number of esters is 1. The van der Waals surface area contributed by atoms with Crippen molar-refractivity contribution >= 4 is 29.2 Å². The van der Waals surface area contributed by atoms with Crippen LogP contribution in [0.5, 0.6) is 0 Å². The van der Waals surface area contributed by atoms with Crippen LogP contribution < -0.4 is 10.6 Å². The number of benzene rings is 2. The zero-order valence-electron chi connectivity index (χ0n) is 17.2. The van der Waals surface area contributed by atoms with Gasteiger partial charge in [0.05, 0.1) is 24.8 Å². The zero-order chi connectivity index (χ0) is 21.4. The number of nitrogens with zero attached hydrogens (tertiary/aromatic N) is 1. The topological polar surface area (TPSA) is 87.7 Å². The number of carbonyl (C=O) groups excluding carboxylic acids is 3. The Morgan fingerprint density at radius 3 is 2.14 bits per heavy atom. The summed E-state index contributed by atoms with van der Waals surface area (Å²) in [5.74, 6) is -0.882. The number of carbonyl (C=O) groups is 3. The van der Waals surface area contributed by atoms with E-state index < -0.39 is 0 Å². The van der Waals surface area contributed by atoms with Crippen molar-refractivity contribution in [3.05, 3.63) is 59.7 Å². The summed E-state index contributed by atoms with van der Waals surface area (Å²) in [7, 11) is 1.57. The van der Waals surface area contributed by atoms with Crippen LogP contribution >= 0.6 is 0 Å². The summed E-state index contributed by atoms with van der Waals surface area (Å²) < 4.78 is 5.13. The lowest BCUT2D eigenvalue weighted by Gasteiger charge is -2.17. The maximum absolute atomic E-state index is 12.3. The van der Waals surface area contributed by atoms with Gasteiger partial charge in [-0.3, -0.25) is 9.59 Å². The second-order valence-corrected chi connectivity index (χ2v) is 7.05. The summed E-state index contributed by atoms with van der Waals surface area (Å²) in [4.78, 5) is 37.5. The summed E-state index contributed by atoms with van der Waals surface area (Å²) in [6.45, 7) is 5.53. The Hall–Kier alpha value is -3.35. The Kier molecular flexibility index (Phi) is 7.77. The molecule has 0 spiro atoms. The van der Waals surface area contributed by atoms with E-state index in [1.54, 1.807) is 45.2 Å². The number of hydrogen-bond acceptors (Lipinski definition) is 5. The molecule has 7 nitrogen and oxygen atoms in total. The first kappa shape index (κ1) is 21.9. The van der Waals surface area contributed by atoms with Gasteiger partial charge in [-0.05, 0) is 57.2 Å². The highest BCUT2D eigenvalue weighted by atomic mass is 16.5. The smallest absolute Gasteiger partial charge is 0.338 e. The molecule has 154 valence electrons. The van der Waals surface area contributed by atoms with Gasteiger partial charge in [-0.15, -0.1) is 0 Å². The van der Waals surface area contributed by atoms with Crippen LogP contribution in [0.2, 0.25) is 0 Å². The molecule has 0 aliphatic heterocycles. The highest BCUT2D eigenvalue weighted by molar-refractivity contribution is 5.95. The van der Waals surface area contributed by atoms with Crippen molar-refractivity contribution in [1.29, 1.82) is 0 Å². The number of ether oxygens (including phenoxy) is 1. The lowest BCUT2D eigenvalue weighted by Crippen LogP contribution is -2.38. The van der Waals surface area contributed by atoms with Crippen molar-refractivity contribution in [3.8, 4) is 0 Å². The predicted molar refractivity (Wildman–Crippen MR) is 113 cm³/mol. The first-order chi connectivity index (χ1) is 13.7. The monoisotopic (exact) mass is 397 g/mol. The first-order valence-electron chi connectivity index (χ1n) is 9.40. The van der Waals surface area contributed by atoms with Crippen LogP contribution in [0.4, 0.5) is 11.4 Å². The average Bonchev–Trinajstić information content (AvgIpc) is 2.67. The second kappa shape index (κ2) is 10.3. The van der Waals surface area contributed by atoms with E-state index in [2.05, 4.69) is 10.6 Å². The molecule has 0 aromatic heterocycles. The Balaban J connectivity index is 1.79. The van der Waals surface area contributed by atoms with Crippen molar-refractivity contribution in [1.82, 2.24) is 4.90 Å². The van der Waals surface area contributed by atoms with Gasteiger partial charge < -0.3 is 20.3 Å². The molecule has 2 N–H and O–H groups in total. The van der Waals surface area contributed by atoms with Crippen LogP contribution in [0, 0.1) is 6.92 Å². The van der Waals surface area contributed by atoms with Crippen molar-refractivity contribution in [3.63, 3.8) is 0 Å². The third-order valence-electron chi connectivity index (χ3n) is 4.05. The molecule has 2 amide bonds. The highest BCUT2D eigenvalue weighted by Crippen LogP contribution is 2.11. The summed E-state index contributed by atoms with van der Waals surface area (Å²) in [5.41, 5.74) is 2.93. The van der Waals surface area contributed by atoms with Crippen LogP contribution in [0.25, 0.3) is 0 Å². The van der Waals surface area contributed by atoms with Gasteiger partial charge in [0, 0.05) is 18.4 Å². The lowest BCUT2D eigenvalue weighted by atomic mass is 10.2. The second-order valence-electron chi connectivity index (χ2n) is 7.05. The van der Waals surface area contributed by atoms with Gasteiger partial charge in [-0.1, -0.05) is 17.7 Å². The molecule has 7 heteroatoms. The third-order valence-corrected chi connectivity index (χ3v) is 4.05. The minimum atomic E-state index is -0.387. The fourth-order valence-electron chi connectivity index (χ4n) is 2.46. The molecular weight excluding hydrogens is 370 g/mol. The molecule has 2 aromatic rings. The summed E-state index contributed by atoms with van der Waals surface area (Å²) in [5, 5.41) is 5.75. The number of hydrogen-bond donors (Lipinski definition) is 2. The van der Waals surface area contributed by atoms with E-state index in [0.717, 1.165) is 5.56 Å². The molecule has 0 aliphatic rings. The van der Waals surface area contributed by atoms with E-state index in [9.17, 15) is 14.4 Å². The van der Waals surface area contributed by atoms with Gasteiger partial charge in [-0.25, -0.2) is 4.79 Å². The molecule has 0 radical (unpaired) electrons. The van der Waals surface area contributed by atoms with Crippen molar-refractivity contribution in [2.45, 2.75) is 26.9 Å². The van der Waals surface area contributed by atoms with Crippen LogP contribution in [0.3, 0.4) is 0 Å². The summed E-state index contributed by atoms with van der Waals surface area (Å²) >= 11 is 0. The Morgan fingerprint density at radius 1 is 0.966 bits per heavy atom. The van der Waals surface area contributed by atoms with Gasteiger partial charge in [0.1, 0.15) is 0 Å². The molecule has 0 heterocycles. The van der Waals surface area contributed by atoms with Gasteiger partial charge in [0.2, 0.25) is 11.8 Å². The largest absolute Gasteiger partial charge is 0.459 e. The minimum Gasteiger partial charge on any atom is -0.459 e. The number of amides is 2. The van der Waals surface area contributed by atoms with Gasteiger partial charge in [-0.2, -0.15) is 0 Å². The molecule has 0 atom stereocenters. The van der Waals surface area contributed by atoms with E-state index >= 15 is 0 Å². The van der Waals surface area contributed by atoms with E-state index in [0.29, 0.717) is 16.9 Å². The molecule has 29 heavy (non-hydrogen) atoms. The minimum absolute atomic E-state index is 0.0318. The Labute approximate surface area is 171 Å². The van der Waals surface area contributed by atoms with Gasteiger partial charge in [0.25, 0.3) is 0 Å². The third kappa shape index (κ3) is 7.29. The summed E-state index contributed by atoms with van der Waals surface area (Å²) in [6, 6.07) is 14.1. The van der Waals surface area contributed by atoms with E-state index in [1.165, 1.54) is 4.90 Å². The molecule has 0 saturated heterocycles. The molecule has 0 bridgehead atoms. The average molecular weight is 397 g/mol. The number of rotatable bonds is 8. The van der Waals surface area contributed by atoms with Crippen molar-refractivity contribution in [2.75, 3.05) is 30.8 Å². The first-order valence-corrected chi connectivity index (χ1v) is 9.40.